The van der Waals surface area contributed by atoms with Crippen molar-refractivity contribution in [3.63, 3.8) is 0 Å². The van der Waals surface area contributed by atoms with Gasteiger partial charge in [0.2, 0.25) is 0 Å². The SMILES string of the molecule is CCCSP(=O)(O)/N=C/Nc1ccc(C(C)=O)cc1. The maximum Gasteiger partial charge on any atom is 0.370 e. The maximum atomic E-state index is 11.5. The number of anilines is 1. The molecule has 7 heteroatoms. The van der Waals surface area contributed by atoms with E-state index in [2.05, 4.69) is 10.1 Å². The van der Waals surface area contributed by atoms with Crippen LogP contribution in [0.4, 0.5) is 5.69 Å². The van der Waals surface area contributed by atoms with Gasteiger partial charge in [0.1, 0.15) is 0 Å². The fourth-order valence-electron chi connectivity index (χ4n) is 1.22. The summed E-state index contributed by atoms with van der Waals surface area (Å²) in [4.78, 5) is 20.6. The summed E-state index contributed by atoms with van der Waals surface area (Å²) in [5.74, 6) is 0.592. The van der Waals surface area contributed by atoms with Gasteiger partial charge >= 0.3 is 6.72 Å². The molecule has 104 valence electrons. The number of Topliss-reactive ketones (excluding diaryl/α,β-unsaturated/α-hetero) is 1. The van der Waals surface area contributed by atoms with E-state index in [0.29, 0.717) is 17.0 Å². The average Bonchev–Trinajstić information content (AvgIpc) is 2.37. The Balaban J connectivity index is 2.56. The first kappa shape index (κ1) is 16.0. The Morgan fingerprint density at radius 1 is 1.47 bits per heavy atom. The maximum absolute atomic E-state index is 11.5. The van der Waals surface area contributed by atoms with Crippen molar-refractivity contribution in [1.29, 1.82) is 0 Å². The summed E-state index contributed by atoms with van der Waals surface area (Å²) in [6.07, 6.45) is 2.04. The molecule has 0 amide bonds. The second kappa shape index (κ2) is 7.48. The number of hydrogen-bond acceptors (Lipinski definition) is 3. The van der Waals surface area contributed by atoms with Crippen LogP contribution in [0.3, 0.4) is 0 Å². The zero-order chi connectivity index (χ0) is 14.3. The summed E-state index contributed by atoms with van der Waals surface area (Å²) in [5.41, 5.74) is 1.32. The molecule has 2 N–H and O–H groups in total. The third-order valence-corrected chi connectivity index (χ3v) is 5.36. The molecule has 1 aromatic carbocycles. The molecule has 0 aromatic heterocycles. The van der Waals surface area contributed by atoms with Crippen molar-refractivity contribution >= 4 is 35.9 Å². The van der Waals surface area contributed by atoms with Crippen LogP contribution < -0.4 is 5.32 Å². The van der Waals surface area contributed by atoms with E-state index in [1.807, 2.05) is 6.92 Å². The minimum atomic E-state index is -3.50. The predicted octanol–water partition coefficient (Wildman–Crippen LogP) is 3.57. The Morgan fingerprint density at radius 2 is 2.11 bits per heavy atom. The van der Waals surface area contributed by atoms with E-state index < -0.39 is 6.72 Å². The summed E-state index contributed by atoms with van der Waals surface area (Å²) < 4.78 is 15.2. The topological polar surface area (TPSA) is 78.8 Å². The van der Waals surface area contributed by atoms with Crippen LogP contribution >= 0.6 is 18.1 Å². The molecule has 5 nitrogen and oxygen atoms in total. The van der Waals surface area contributed by atoms with E-state index in [9.17, 15) is 14.3 Å². The zero-order valence-corrected chi connectivity index (χ0v) is 12.6. The highest BCUT2D eigenvalue weighted by Gasteiger charge is 2.14. The van der Waals surface area contributed by atoms with Crippen LogP contribution in [0, 0.1) is 0 Å². The van der Waals surface area contributed by atoms with Crippen LogP contribution in [0.15, 0.2) is 29.0 Å². The van der Waals surface area contributed by atoms with Crippen molar-refractivity contribution in [1.82, 2.24) is 0 Å². The predicted molar refractivity (Wildman–Crippen MR) is 81.1 cm³/mol. The first-order valence-corrected chi connectivity index (χ1v) is 9.04. The number of benzene rings is 1. The Labute approximate surface area is 116 Å². The largest absolute Gasteiger partial charge is 0.370 e. The van der Waals surface area contributed by atoms with Crippen LogP contribution in [-0.4, -0.2) is 22.8 Å². The highest BCUT2D eigenvalue weighted by molar-refractivity contribution is 8.55. The van der Waals surface area contributed by atoms with Crippen LogP contribution in [0.5, 0.6) is 0 Å². The average molecular weight is 300 g/mol. The van der Waals surface area contributed by atoms with Gasteiger partial charge in [-0.1, -0.05) is 6.92 Å². The highest BCUT2D eigenvalue weighted by Crippen LogP contribution is 2.55. The Hall–Kier alpha value is -1.10. The van der Waals surface area contributed by atoms with Gasteiger partial charge in [0.25, 0.3) is 0 Å². The number of rotatable bonds is 7. The molecular weight excluding hydrogens is 283 g/mol. The lowest BCUT2D eigenvalue weighted by Gasteiger charge is -2.04. The van der Waals surface area contributed by atoms with Gasteiger partial charge < -0.3 is 10.2 Å². The van der Waals surface area contributed by atoms with E-state index >= 15 is 0 Å². The van der Waals surface area contributed by atoms with Gasteiger partial charge in [0.05, 0.1) is 6.34 Å². The summed E-state index contributed by atoms with van der Waals surface area (Å²) >= 11 is 0.949. The number of nitrogens with zero attached hydrogens (tertiary/aromatic N) is 1. The van der Waals surface area contributed by atoms with Gasteiger partial charge in [-0.3, -0.25) is 9.36 Å². The molecule has 0 heterocycles. The van der Waals surface area contributed by atoms with Crippen molar-refractivity contribution in [3.8, 4) is 0 Å². The lowest BCUT2D eigenvalue weighted by Crippen LogP contribution is -1.96. The molecule has 0 bridgehead atoms. The van der Waals surface area contributed by atoms with Crippen molar-refractivity contribution in [3.05, 3.63) is 29.8 Å². The lowest BCUT2D eigenvalue weighted by molar-refractivity contribution is 0.101. The van der Waals surface area contributed by atoms with Gasteiger partial charge in [-0.15, -0.1) is 0 Å². The van der Waals surface area contributed by atoms with E-state index in [4.69, 9.17) is 0 Å². The van der Waals surface area contributed by atoms with Crippen LogP contribution in [0.25, 0.3) is 0 Å². The molecule has 1 unspecified atom stereocenters. The molecule has 1 atom stereocenters. The molecular formula is C12H17N2O3PS. The molecule has 0 radical (unpaired) electrons. The van der Waals surface area contributed by atoms with Crippen LogP contribution in [0.1, 0.15) is 30.6 Å². The monoisotopic (exact) mass is 300 g/mol. The Morgan fingerprint density at radius 3 is 2.63 bits per heavy atom. The number of hydrogen-bond donors (Lipinski definition) is 2. The quantitative estimate of drug-likeness (QED) is 0.348. The van der Waals surface area contributed by atoms with E-state index in [1.165, 1.54) is 13.3 Å². The molecule has 0 fully saturated rings. The molecule has 0 spiro atoms. The Bertz CT molecular complexity index is 502. The van der Waals surface area contributed by atoms with Crippen molar-refractivity contribution in [2.75, 3.05) is 11.1 Å². The molecule has 19 heavy (non-hydrogen) atoms. The van der Waals surface area contributed by atoms with Gasteiger partial charge in [-0.05, 0) is 49.0 Å². The van der Waals surface area contributed by atoms with E-state index in [-0.39, 0.29) is 5.78 Å². The standard InChI is InChI=1S/C12H17N2O3PS/c1-3-8-19-18(16,17)14-9-13-12-6-4-11(5-7-12)10(2)15/h4-7,9H,3,8H2,1-2H3,(H2,13,14,16,17). The van der Waals surface area contributed by atoms with Crippen LogP contribution in [-0.2, 0) is 4.57 Å². The van der Waals surface area contributed by atoms with Gasteiger partial charge in [0.15, 0.2) is 5.78 Å². The van der Waals surface area contributed by atoms with E-state index in [1.54, 1.807) is 24.3 Å². The normalized spacial score (nSPS) is 14.3. The highest BCUT2D eigenvalue weighted by atomic mass is 32.7. The van der Waals surface area contributed by atoms with Crippen molar-refractivity contribution in [2.24, 2.45) is 4.76 Å². The number of nitrogens with one attached hydrogen (secondary N) is 1. The third-order valence-electron chi connectivity index (χ3n) is 2.19. The molecule has 0 saturated heterocycles. The summed E-state index contributed by atoms with van der Waals surface area (Å²) in [7, 11) is 0. The van der Waals surface area contributed by atoms with Crippen molar-refractivity contribution in [2.45, 2.75) is 20.3 Å². The van der Waals surface area contributed by atoms with Gasteiger partial charge in [0, 0.05) is 17.0 Å². The second-order valence-electron chi connectivity index (χ2n) is 3.85. The van der Waals surface area contributed by atoms with Gasteiger partial charge in [-0.25, -0.2) is 0 Å². The fourth-order valence-corrected chi connectivity index (χ4v) is 3.51. The first-order valence-electron chi connectivity index (χ1n) is 5.83. The molecule has 0 aliphatic rings. The molecule has 0 saturated carbocycles. The van der Waals surface area contributed by atoms with Crippen molar-refractivity contribution < 1.29 is 14.3 Å². The number of carbonyl (C=O) groups is 1. The second-order valence-corrected chi connectivity index (χ2v) is 7.93. The van der Waals surface area contributed by atoms with Crippen LogP contribution in [0.2, 0.25) is 0 Å². The zero-order valence-electron chi connectivity index (χ0n) is 10.9. The summed E-state index contributed by atoms with van der Waals surface area (Å²) in [6, 6.07) is 6.79. The minimum absolute atomic E-state index is 0.00366. The number of ketones is 1. The number of carbonyl (C=O) groups excluding carboxylic acids is 1. The summed E-state index contributed by atoms with van der Waals surface area (Å²) in [6.45, 7) is -0.0688. The lowest BCUT2D eigenvalue weighted by atomic mass is 10.1. The Kier molecular flexibility index (Phi) is 6.28. The fraction of sp³-hybridized carbons (Fsp3) is 0.333. The summed E-state index contributed by atoms with van der Waals surface area (Å²) in [5, 5.41) is 2.79. The van der Waals surface area contributed by atoms with Gasteiger partial charge in [-0.2, -0.15) is 4.76 Å². The molecule has 0 aliphatic carbocycles. The molecule has 1 aromatic rings. The molecule has 0 aliphatic heterocycles. The van der Waals surface area contributed by atoms with E-state index in [0.717, 1.165) is 17.8 Å². The first-order chi connectivity index (χ1) is 8.94. The minimum Gasteiger partial charge on any atom is -0.346 e. The smallest absolute Gasteiger partial charge is 0.346 e. The molecule has 1 rings (SSSR count). The third kappa shape index (κ3) is 6.05.